The van der Waals surface area contributed by atoms with Crippen molar-refractivity contribution in [2.24, 2.45) is 0 Å². The molecule has 0 aromatic carbocycles. The predicted octanol–water partition coefficient (Wildman–Crippen LogP) is 1.28. The Balaban J connectivity index is 1.97. The average molecular weight is 256 g/mol. The largest absolute Gasteiger partial charge is 0.336 e. The number of aryl methyl sites for hydroxylation is 1. The van der Waals surface area contributed by atoms with Crippen LogP contribution >= 0.6 is 0 Å². The lowest BCUT2D eigenvalue weighted by atomic mass is 10.2. The lowest BCUT2D eigenvalue weighted by molar-refractivity contribution is 0.740. The number of rotatable bonds is 2. The van der Waals surface area contributed by atoms with E-state index < -0.39 is 0 Å². The van der Waals surface area contributed by atoms with E-state index in [-0.39, 0.29) is 5.56 Å². The molecule has 2 aromatic heterocycles. The molecule has 3 rings (SSSR count). The number of hydrogen-bond donors (Lipinski definition) is 0. The van der Waals surface area contributed by atoms with E-state index in [2.05, 4.69) is 14.9 Å². The zero-order valence-electron chi connectivity index (χ0n) is 11.1. The van der Waals surface area contributed by atoms with Crippen LogP contribution in [0.15, 0.2) is 29.3 Å². The fraction of sp³-hybridized carbons (Fsp3) is 0.357. The highest BCUT2D eigenvalue weighted by Gasteiger charge is 2.23. The molecule has 0 saturated heterocycles. The Morgan fingerprint density at radius 1 is 1.32 bits per heavy atom. The van der Waals surface area contributed by atoms with Gasteiger partial charge in [0.15, 0.2) is 0 Å². The fourth-order valence-electron chi connectivity index (χ4n) is 2.37. The Morgan fingerprint density at radius 2 is 2.16 bits per heavy atom. The van der Waals surface area contributed by atoms with Crippen LogP contribution in [0.1, 0.15) is 16.8 Å². The summed E-state index contributed by atoms with van der Waals surface area (Å²) in [5.74, 6) is 0.775. The second kappa shape index (κ2) is 4.50. The summed E-state index contributed by atoms with van der Waals surface area (Å²) in [5, 5.41) is 0. The van der Waals surface area contributed by atoms with Gasteiger partial charge in [-0.1, -0.05) is 6.07 Å². The van der Waals surface area contributed by atoms with E-state index in [1.807, 2.05) is 32.2 Å². The highest BCUT2D eigenvalue weighted by Crippen LogP contribution is 2.20. The standard InChI is InChI=1S/C14H16N4O/c1-10-11(2)16-14-17(6-7-18(14)13(10)19)9-12-4-3-5-15-8-12/h3-5,8H,6-7,9H2,1-2H3. The monoisotopic (exact) mass is 256 g/mol. The summed E-state index contributed by atoms with van der Waals surface area (Å²) in [5.41, 5.74) is 2.76. The summed E-state index contributed by atoms with van der Waals surface area (Å²) in [6, 6.07) is 3.96. The zero-order valence-corrected chi connectivity index (χ0v) is 11.1. The molecule has 0 amide bonds. The molecule has 0 bridgehead atoms. The van der Waals surface area contributed by atoms with Crippen LogP contribution in [0.4, 0.5) is 5.95 Å². The Kier molecular flexibility index (Phi) is 2.81. The molecule has 0 N–H and O–H groups in total. The lowest BCUT2D eigenvalue weighted by Crippen LogP contribution is -2.25. The maximum atomic E-state index is 12.2. The third-order valence-electron chi connectivity index (χ3n) is 3.59. The van der Waals surface area contributed by atoms with Crippen LogP contribution in [-0.4, -0.2) is 21.1 Å². The van der Waals surface area contributed by atoms with Crippen molar-refractivity contribution in [3.8, 4) is 0 Å². The van der Waals surface area contributed by atoms with Crippen LogP contribution < -0.4 is 10.5 Å². The van der Waals surface area contributed by atoms with Crippen LogP contribution in [0.3, 0.4) is 0 Å². The second-order valence-corrected chi connectivity index (χ2v) is 4.86. The van der Waals surface area contributed by atoms with E-state index in [0.717, 1.165) is 35.9 Å². The van der Waals surface area contributed by atoms with Crippen molar-refractivity contribution in [3.05, 3.63) is 51.7 Å². The van der Waals surface area contributed by atoms with Crippen molar-refractivity contribution >= 4 is 5.95 Å². The molecule has 0 saturated carbocycles. The minimum Gasteiger partial charge on any atom is -0.336 e. The molecule has 98 valence electrons. The second-order valence-electron chi connectivity index (χ2n) is 4.86. The van der Waals surface area contributed by atoms with Gasteiger partial charge in [-0.25, -0.2) is 4.98 Å². The van der Waals surface area contributed by atoms with Crippen molar-refractivity contribution in [3.63, 3.8) is 0 Å². The van der Waals surface area contributed by atoms with Gasteiger partial charge < -0.3 is 4.90 Å². The van der Waals surface area contributed by atoms with Gasteiger partial charge in [0.2, 0.25) is 5.95 Å². The summed E-state index contributed by atoms with van der Waals surface area (Å²) in [7, 11) is 0. The van der Waals surface area contributed by atoms with E-state index in [1.54, 1.807) is 10.8 Å². The minimum absolute atomic E-state index is 0.0798. The summed E-state index contributed by atoms with van der Waals surface area (Å²) in [6.45, 7) is 5.99. The van der Waals surface area contributed by atoms with Gasteiger partial charge in [0.25, 0.3) is 5.56 Å². The number of anilines is 1. The first-order chi connectivity index (χ1) is 9.16. The third-order valence-corrected chi connectivity index (χ3v) is 3.59. The van der Waals surface area contributed by atoms with Gasteiger partial charge in [0, 0.05) is 43.3 Å². The van der Waals surface area contributed by atoms with Crippen molar-refractivity contribution in [2.75, 3.05) is 11.4 Å². The Bertz CT molecular complexity index is 663. The smallest absolute Gasteiger partial charge is 0.258 e. The van der Waals surface area contributed by atoms with E-state index in [1.165, 1.54) is 0 Å². The maximum absolute atomic E-state index is 12.2. The number of fused-ring (bicyclic) bond motifs is 1. The molecule has 0 fully saturated rings. The van der Waals surface area contributed by atoms with Gasteiger partial charge in [-0.3, -0.25) is 14.3 Å². The first-order valence-electron chi connectivity index (χ1n) is 6.38. The zero-order chi connectivity index (χ0) is 13.4. The highest BCUT2D eigenvalue weighted by atomic mass is 16.1. The van der Waals surface area contributed by atoms with Crippen molar-refractivity contribution < 1.29 is 0 Å². The summed E-state index contributed by atoms with van der Waals surface area (Å²) in [4.78, 5) is 23.0. The summed E-state index contributed by atoms with van der Waals surface area (Å²) in [6.07, 6.45) is 3.61. The molecular weight excluding hydrogens is 240 g/mol. The number of pyridine rings is 1. The van der Waals surface area contributed by atoms with Crippen LogP contribution in [0.25, 0.3) is 0 Å². The predicted molar refractivity (Wildman–Crippen MR) is 73.3 cm³/mol. The number of hydrogen-bond acceptors (Lipinski definition) is 4. The molecule has 5 nitrogen and oxygen atoms in total. The Morgan fingerprint density at radius 3 is 2.89 bits per heavy atom. The van der Waals surface area contributed by atoms with E-state index in [4.69, 9.17) is 0 Å². The average Bonchev–Trinajstić information content (AvgIpc) is 2.81. The van der Waals surface area contributed by atoms with Crippen LogP contribution in [-0.2, 0) is 13.1 Å². The molecular formula is C14H16N4O. The molecule has 19 heavy (non-hydrogen) atoms. The molecule has 3 heterocycles. The summed E-state index contributed by atoms with van der Waals surface area (Å²) < 4.78 is 1.76. The highest BCUT2D eigenvalue weighted by molar-refractivity contribution is 5.39. The molecule has 1 aliphatic rings. The molecule has 2 aromatic rings. The molecule has 0 aliphatic carbocycles. The number of nitrogens with zero attached hydrogens (tertiary/aromatic N) is 4. The van der Waals surface area contributed by atoms with Crippen LogP contribution in [0.2, 0.25) is 0 Å². The van der Waals surface area contributed by atoms with Gasteiger partial charge in [-0.2, -0.15) is 0 Å². The van der Waals surface area contributed by atoms with E-state index in [9.17, 15) is 4.79 Å². The summed E-state index contributed by atoms with van der Waals surface area (Å²) >= 11 is 0. The topological polar surface area (TPSA) is 51.0 Å². The molecule has 0 atom stereocenters. The lowest BCUT2D eigenvalue weighted by Gasteiger charge is -2.17. The van der Waals surface area contributed by atoms with Crippen molar-refractivity contribution in [1.29, 1.82) is 0 Å². The SMILES string of the molecule is Cc1nc2n(c(=O)c1C)CCN2Cc1cccnc1. The quantitative estimate of drug-likeness (QED) is 0.812. The van der Waals surface area contributed by atoms with Crippen molar-refractivity contribution in [1.82, 2.24) is 14.5 Å². The molecule has 0 unspecified atom stereocenters. The van der Waals surface area contributed by atoms with Crippen LogP contribution in [0, 0.1) is 13.8 Å². The molecule has 0 spiro atoms. The van der Waals surface area contributed by atoms with Gasteiger partial charge in [-0.05, 0) is 25.5 Å². The molecule has 1 aliphatic heterocycles. The normalized spacial score (nSPS) is 13.7. The van der Waals surface area contributed by atoms with Gasteiger partial charge in [0.05, 0.1) is 0 Å². The minimum atomic E-state index is 0.0798. The first-order valence-corrected chi connectivity index (χ1v) is 6.38. The van der Waals surface area contributed by atoms with Crippen molar-refractivity contribution in [2.45, 2.75) is 26.9 Å². The molecule has 0 radical (unpaired) electrons. The van der Waals surface area contributed by atoms with E-state index in [0.29, 0.717) is 6.54 Å². The number of aromatic nitrogens is 3. The Labute approximate surface area is 111 Å². The third kappa shape index (κ3) is 2.01. The van der Waals surface area contributed by atoms with E-state index >= 15 is 0 Å². The van der Waals surface area contributed by atoms with Crippen LogP contribution in [0.5, 0.6) is 0 Å². The first kappa shape index (κ1) is 11.9. The fourth-order valence-corrected chi connectivity index (χ4v) is 2.37. The van der Waals surface area contributed by atoms with Gasteiger partial charge in [0.1, 0.15) is 0 Å². The van der Waals surface area contributed by atoms with Gasteiger partial charge in [-0.15, -0.1) is 0 Å². The van der Waals surface area contributed by atoms with Gasteiger partial charge >= 0.3 is 0 Å². The maximum Gasteiger partial charge on any atom is 0.258 e. The molecule has 5 heteroatoms. The Hall–Kier alpha value is -2.17.